The summed E-state index contributed by atoms with van der Waals surface area (Å²) in [7, 11) is 1.64. The second-order valence-electron chi connectivity index (χ2n) is 4.80. The van der Waals surface area contributed by atoms with Gasteiger partial charge in [-0.3, -0.25) is 19.4 Å². The van der Waals surface area contributed by atoms with Gasteiger partial charge in [-0.25, -0.2) is 9.97 Å². The van der Waals surface area contributed by atoms with Crippen LogP contribution in [0.1, 0.15) is 20.3 Å². The molecule has 0 amide bonds. The zero-order valence-electron chi connectivity index (χ0n) is 12.3. The van der Waals surface area contributed by atoms with Crippen LogP contribution in [0, 0.1) is 5.92 Å². The van der Waals surface area contributed by atoms with Gasteiger partial charge in [-0.2, -0.15) is 0 Å². The molecule has 2 aromatic heterocycles. The molecule has 2 heterocycles. The lowest BCUT2D eigenvalue weighted by molar-refractivity contribution is -0.143. The molecule has 1 atom stereocenters. The molecule has 21 heavy (non-hydrogen) atoms. The number of aromatic nitrogens is 4. The number of H-pyrrole nitrogens is 1. The maximum atomic E-state index is 11.8. The van der Waals surface area contributed by atoms with Crippen LogP contribution in [0.4, 0.5) is 0 Å². The number of carbonyl (C=O) groups is 1. The van der Waals surface area contributed by atoms with Gasteiger partial charge < -0.3 is 4.74 Å². The summed E-state index contributed by atoms with van der Waals surface area (Å²) in [6.07, 6.45) is 1.76. The Bertz CT molecular complexity index is 694. The van der Waals surface area contributed by atoms with Crippen molar-refractivity contribution >= 4 is 28.8 Å². The van der Waals surface area contributed by atoms with E-state index in [0.717, 1.165) is 0 Å². The lowest BCUT2D eigenvalue weighted by Gasteiger charge is -2.09. The molecular formula is C13H18N4O3S. The highest BCUT2D eigenvalue weighted by molar-refractivity contribution is 7.99. The van der Waals surface area contributed by atoms with E-state index in [-0.39, 0.29) is 17.4 Å². The van der Waals surface area contributed by atoms with Crippen molar-refractivity contribution in [3.8, 4) is 0 Å². The summed E-state index contributed by atoms with van der Waals surface area (Å²) in [5.41, 5.74) is 0.847. The highest BCUT2D eigenvalue weighted by Gasteiger charge is 2.14. The smallest absolute Gasteiger partial charge is 0.306 e. The molecule has 2 rings (SSSR count). The van der Waals surface area contributed by atoms with E-state index in [4.69, 9.17) is 4.74 Å². The van der Waals surface area contributed by atoms with Crippen LogP contribution in [0.2, 0.25) is 0 Å². The highest BCUT2D eigenvalue weighted by atomic mass is 32.2. The van der Waals surface area contributed by atoms with Gasteiger partial charge in [0.05, 0.1) is 6.61 Å². The second kappa shape index (κ2) is 6.75. The molecule has 1 N–H and O–H groups in total. The predicted molar refractivity (Wildman–Crippen MR) is 80.3 cm³/mol. The third-order valence-electron chi connectivity index (χ3n) is 2.92. The average molecular weight is 310 g/mol. The van der Waals surface area contributed by atoms with E-state index >= 15 is 0 Å². The largest absolute Gasteiger partial charge is 0.466 e. The van der Waals surface area contributed by atoms with Crippen molar-refractivity contribution < 1.29 is 9.53 Å². The van der Waals surface area contributed by atoms with Gasteiger partial charge in [0.1, 0.15) is 16.9 Å². The van der Waals surface area contributed by atoms with Crippen molar-refractivity contribution in [1.82, 2.24) is 19.7 Å². The number of rotatable bonds is 6. The average Bonchev–Trinajstić information content (AvgIpc) is 2.73. The van der Waals surface area contributed by atoms with E-state index < -0.39 is 0 Å². The summed E-state index contributed by atoms with van der Waals surface area (Å²) in [4.78, 5) is 31.4. The number of fused-ring (bicyclic) bond motifs is 1. The molecule has 0 aliphatic carbocycles. The first-order chi connectivity index (χ1) is 10.0. The molecule has 0 spiro atoms. The molecular weight excluding hydrogens is 292 g/mol. The monoisotopic (exact) mass is 310 g/mol. The van der Waals surface area contributed by atoms with Crippen molar-refractivity contribution in [1.29, 1.82) is 0 Å². The first kappa shape index (κ1) is 15.6. The molecule has 0 saturated heterocycles. The standard InChI is InChI=1S/C13H18N4O3S/c1-4-20-9(18)5-8(2)6-21-12-10-11(14-7-15-12)13(19)17(3)16-10/h7-8,16H,4-6H2,1-3H3. The lowest BCUT2D eigenvalue weighted by atomic mass is 10.1. The number of ether oxygens (including phenoxy) is 1. The third-order valence-corrected chi connectivity index (χ3v) is 4.24. The fraction of sp³-hybridized carbons (Fsp3) is 0.538. The van der Waals surface area contributed by atoms with Crippen LogP contribution >= 0.6 is 11.8 Å². The minimum atomic E-state index is -0.188. The molecule has 0 aromatic carbocycles. The van der Waals surface area contributed by atoms with Gasteiger partial charge in [0, 0.05) is 19.2 Å². The Hall–Kier alpha value is -1.83. The third kappa shape index (κ3) is 3.63. The predicted octanol–water partition coefficient (Wildman–Crippen LogP) is 1.34. The summed E-state index contributed by atoms with van der Waals surface area (Å²) < 4.78 is 6.31. The molecule has 0 bridgehead atoms. The van der Waals surface area contributed by atoms with E-state index in [1.54, 1.807) is 14.0 Å². The number of hydrogen-bond donors (Lipinski definition) is 1. The van der Waals surface area contributed by atoms with Crippen LogP contribution in [-0.4, -0.2) is 38.1 Å². The number of nitrogens with one attached hydrogen (secondary N) is 1. The zero-order valence-corrected chi connectivity index (χ0v) is 13.1. The maximum absolute atomic E-state index is 11.8. The topological polar surface area (TPSA) is 89.9 Å². The number of nitrogens with zero attached hydrogens (tertiary/aromatic N) is 3. The minimum Gasteiger partial charge on any atom is -0.466 e. The van der Waals surface area contributed by atoms with Crippen LogP contribution in [0.3, 0.4) is 0 Å². The maximum Gasteiger partial charge on any atom is 0.306 e. The molecule has 0 aliphatic heterocycles. The SMILES string of the molecule is CCOC(=O)CC(C)CSc1ncnc2c(=O)n(C)[nH]c12. The van der Waals surface area contributed by atoms with Crippen LogP contribution in [-0.2, 0) is 16.6 Å². The van der Waals surface area contributed by atoms with E-state index in [9.17, 15) is 9.59 Å². The van der Waals surface area contributed by atoms with E-state index in [1.807, 2.05) is 6.92 Å². The summed E-state index contributed by atoms with van der Waals surface area (Å²) in [5.74, 6) is 0.683. The van der Waals surface area contributed by atoms with Crippen molar-refractivity contribution in [2.24, 2.45) is 13.0 Å². The normalized spacial score (nSPS) is 12.5. The van der Waals surface area contributed by atoms with E-state index in [1.165, 1.54) is 22.8 Å². The van der Waals surface area contributed by atoms with Gasteiger partial charge >= 0.3 is 5.97 Å². The molecule has 0 radical (unpaired) electrons. The summed E-state index contributed by atoms with van der Waals surface area (Å²) >= 11 is 1.50. The Morgan fingerprint density at radius 3 is 3.00 bits per heavy atom. The number of esters is 1. The fourth-order valence-electron chi connectivity index (χ4n) is 1.90. The van der Waals surface area contributed by atoms with E-state index in [2.05, 4.69) is 15.1 Å². The Balaban J connectivity index is 2.05. The summed E-state index contributed by atoms with van der Waals surface area (Å²) in [5, 5.41) is 3.66. The molecule has 1 unspecified atom stereocenters. The minimum absolute atomic E-state index is 0.162. The summed E-state index contributed by atoms with van der Waals surface area (Å²) in [6.45, 7) is 4.17. The van der Waals surface area contributed by atoms with Crippen LogP contribution in [0.15, 0.2) is 16.1 Å². The van der Waals surface area contributed by atoms with Gasteiger partial charge in [-0.15, -0.1) is 11.8 Å². The number of hydrogen-bond acceptors (Lipinski definition) is 6. The first-order valence-corrected chi connectivity index (χ1v) is 7.69. The Morgan fingerprint density at radius 2 is 2.29 bits per heavy atom. The molecule has 0 saturated carbocycles. The number of carbonyl (C=O) groups excluding carboxylic acids is 1. The lowest BCUT2D eigenvalue weighted by Crippen LogP contribution is -2.11. The zero-order chi connectivity index (χ0) is 15.4. The molecule has 2 aromatic rings. The fourth-order valence-corrected chi connectivity index (χ4v) is 2.87. The number of aryl methyl sites for hydroxylation is 1. The molecule has 0 fully saturated rings. The number of thioether (sulfide) groups is 1. The quantitative estimate of drug-likeness (QED) is 0.492. The molecule has 0 aliphatic rings. The van der Waals surface area contributed by atoms with Crippen molar-refractivity contribution in [3.63, 3.8) is 0 Å². The van der Waals surface area contributed by atoms with Gasteiger partial charge in [-0.1, -0.05) is 6.92 Å². The highest BCUT2D eigenvalue weighted by Crippen LogP contribution is 2.24. The second-order valence-corrected chi connectivity index (χ2v) is 5.81. The molecule has 114 valence electrons. The molecule has 8 heteroatoms. The Labute approximate surface area is 126 Å². The molecule has 7 nitrogen and oxygen atoms in total. The summed E-state index contributed by atoms with van der Waals surface area (Å²) in [6, 6.07) is 0. The van der Waals surface area contributed by atoms with Gasteiger partial charge in [0.2, 0.25) is 0 Å². The van der Waals surface area contributed by atoms with E-state index in [0.29, 0.717) is 34.8 Å². The van der Waals surface area contributed by atoms with Crippen LogP contribution in [0.25, 0.3) is 11.0 Å². The Kier molecular flexibility index (Phi) is 5.00. The van der Waals surface area contributed by atoms with Gasteiger partial charge in [-0.05, 0) is 12.8 Å². The van der Waals surface area contributed by atoms with Crippen LogP contribution in [0.5, 0.6) is 0 Å². The van der Waals surface area contributed by atoms with Crippen molar-refractivity contribution in [2.45, 2.75) is 25.3 Å². The van der Waals surface area contributed by atoms with Crippen LogP contribution < -0.4 is 5.56 Å². The first-order valence-electron chi connectivity index (χ1n) is 6.71. The van der Waals surface area contributed by atoms with Gasteiger partial charge in [0.25, 0.3) is 5.56 Å². The Morgan fingerprint density at radius 1 is 1.52 bits per heavy atom. The van der Waals surface area contributed by atoms with Crippen molar-refractivity contribution in [2.75, 3.05) is 12.4 Å². The van der Waals surface area contributed by atoms with Crippen molar-refractivity contribution in [3.05, 3.63) is 16.7 Å². The number of aromatic amines is 1. The van der Waals surface area contributed by atoms with Gasteiger partial charge in [0.15, 0.2) is 5.52 Å².